The van der Waals surface area contributed by atoms with Crippen molar-refractivity contribution in [3.63, 3.8) is 0 Å². The van der Waals surface area contributed by atoms with Gasteiger partial charge in [-0.15, -0.1) is 0 Å². The smallest absolute Gasteiger partial charge is 0.252 e. The molecule has 0 atom stereocenters. The third-order valence-corrected chi connectivity index (χ3v) is 5.38. The molecule has 0 aliphatic rings. The molecule has 2 aromatic carbocycles. The van der Waals surface area contributed by atoms with E-state index in [0.717, 1.165) is 28.5 Å². The van der Waals surface area contributed by atoms with E-state index in [0.29, 0.717) is 35.0 Å². The quantitative estimate of drug-likeness (QED) is 0.543. The molecule has 0 aliphatic heterocycles. The maximum Gasteiger partial charge on any atom is 0.252 e. The number of aryl methyl sites for hydroxylation is 1. The van der Waals surface area contributed by atoms with Gasteiger partial charge in [-0.1, -0.05) is 29.0 Å². The first-order chi connectivity index (χ1) is 13.9. The lowest BCUT2D eigenvalue weighted by atomic mass is 10.1. The van der Waals surface area contributed by atoms with Crippen LogP contribution in [0, 0.1) is 18.6 Å². The Morgan fingerprint density at radius 3 is 2.76 bits per heavy atom. The lowest BCUT2D eigenvalue weighted by molar-refractivity contribution is -0.117. The molecule has 1 amide bonds. The van der Waals surface area contributed by atoms with Crippen molar-refractivity contribution < 1.29 is 23.0 Å². The van der Waals surface area contributed by atoms with Gasteiger partial charge in [0.25, 0.3) is 5.91 Å². The zero-order valence-corrected chi connectivity index (χ0v) is 17.3. The molecule has 5 nitrogen and oxygen atoms in total. The first kappa shape index (κ1) is 21.1. The van der Waals surface area contributed by atoms with E-state index in [1.54, 1.807) is 17.7 Å². The first-order valence-corrected chi connectivity index (χ1v) is 10.0. The average molecular weight is 420 g/mol. The van der Waals surface area contributed by atoms with Gasteiger partial charge in [-0.25, -0.2) is 8.78 Å². The molecule has 3 rings (SSSR count). The van der Waals surface area contributed by atoms with E-state index in [1.165, 1.54) is 6.07 Å². The number of benzene rings is 2. The predicted octanol–water partition coefficient (Wildman–Crippen LogP) is 4.00. The number of ether oxygens (including phenoxy) is 2. The van der Waals surface area contributed by atoms with Crippen molar-refractivity contribution in [2.75, 3.05) is 20.3 Å². The number of rotatable bonds is 7. The van der Waals surface area contributed by atoms with Gasteiger partial charge < -0.3 is 14.0 Å². The molecule has 1 heterocycles. The minimum Gasteiger partial charge on any atom is -0.496 e. The van der Waals surface area contributed by atoms with Crippen LogP contribution in [-0.4, -0.2) is 30.8 Å². The summed E-state index contributed by atoms with van der Waals surface area (Å²) in [6.45, 7) is 4.92. The number of halogens is 2. The van der Waals surface area contributed by atoms with E-state index >= 15 is 0 Å². The van der Waals surface area contributed by atoms with Crippen LogP contribution in [0.2, 0.25) is 0 Å². The van der Waals surface area contributed by atoms with Crippen LogP contribution in [0.4, 0.5) is 8.78 Å². The number of carbonyl (C=O) groups is 1. The van der Waals surface area contributed by atoms with E-state index in [-0.39, 0.29) is 11.9 Å². The molecule has 29 heavy (non-hydrogen) atoms. The fraction of sp³-hybridized carbons (Fsp3) is 0.333. The summed E-state index contributed by atoms with van der Waals surface area (Å²) < 4.78 is 40.7. The highest BCUT2D eigenvalue weighted by molar-refractivity contribution is 7.16. The monoisotopic (exact) mass is 420 g/mol. The lowest BCUT2D eigenvalue weighted by Gasteiger charge is -2.08. The third kappa shape index (κ3) is 4.89. The molecule has 0 bridgehead atoms. The SMILES string of the molecule is CCOCCn1c(=NC(=O)Cc2cc(C)ccc2OC)sc2cc(F)cc(F)c21. The highest BCUT2D eigenvalue weighted by Gasteiger charge is 2.15. The van der Waals surface area contributed by atoms with Crippen LogP contribution in [0.3, 0.4) is 0 Å². The normalized spacial score (nSPS) is 12.0. The van der Waals surface area contributed by atoms with Gasteiger partial charge in [0, 0.05) is 24.8 Å². The molecule has 0 unspecified atom stereocenters. The van der Waals surface area contributed by atoms with E-state index in [9.17, 15) is 13.6 Å². The molecule has 0 fully saturated rings. The molecule has 3 aromatic rings. The molecule has 8 heteroatoms. The summed E-state index contributed by atoms with van der Waals surface area (Å²) in [4.78, 5) is 17.1. The topological polar surface area (TPSA) is 52.8 Å². The van der Waals surface area contributed by atoms with Gasteiger partial charge >= 0.3 is 0 Å². The predicted molar refractivity (Wildman–Crippen MR) is 108 cm³/mol. The summed E-state index contributed by atoms with van der Waals surface area (Å²) >= 11 is 1.07. The fourth-order valence-electron chi connectivity index (χ4n) is 3.08. The van der Waals surface area contributed by atoms with E-state index in [2.05, 4.69) is 4.99 Å². The van der Waals surface area contributed by atoms with Crippen LogP contribution in [0.1, 0.15) is 18.1 Å². The van der Waals surface area contributed by atoms with Gasteiger partial charge in [0.2, 0.25) is 0 Å². The molecule has 0 saturated heterocycles. The Kier molecular flexibility index (Phi) is 6.76. The van der Waals surface area contributed by atoms with Crippen molar-refractivity contribution in [2.45, 2.75) is 26.8 Å². The zero-order chi connectivity index (χ0) is 21.0. The van der Waals surface area contributed by atoms with Crippen LogP contribution in [0.15, 0.2) is 35.3 Å². The van der Waals surface area contributed by atoms with Crippen LogP contribution in [-0.2, 0) is 22.5 Å². The van der Waals surface area contributed by atoms with Crippen molar-refractivity contribution in [2.24, 2.45) is 4.99 Å². The van der Waals surface area contributed by atoms with Gasteiger partial charge in [-0.3, -0.25) is 4.79 Å². The Balaban J connectivity index is 2.02. The zero-order valence-electron chi connectivity index (χ0n) is 16.5. The average Bonchev–Trinajstić information content (AvgIpc) is 2.99. The Bertz CT molecular complexity index is 1110. The van der Waals surface area contributed by atoms with Crippen LogP contribution < -0.4 is 9.54 Å². The summed E-state index contributed by atoms with van der Waals surface area (Å²) in [6.07, 6.45) is 0.0431. The van der Waals surface area contributed by atoms with Crippen molar-refractivity contribution in [1.29, 1.82) is 0 Å². The maximum absolute atomic E-state index is 14.4. The number of hydrogen-bond donors (Lipinski definition) is 0. The molecule has 0 N–H and O–H groups in total. The van der Waals surface area contributed by atoms with Crippen molar-refractivity contribution in [3.05, 3.63) is 57.9 Å². The number of carbonyl (C=O) groups excluding carboxylic acids is 1. The molecule has 0 spiro atoms. The summed E-state index contributed by atoms with van der Waals surface area (Å²) in [5.41, 5.74) is 1.94. The van der Waals surface area contributed by atoms with Crippen LogP contribution in [0.5, 0.6) is 5.75 Å². The molecule has 154 valence electrons. The highest BCUT2D eigenvalue weighted by Crippen LogP contribution is 2.23. The van der Waals surface area contributed by atoms with E-state index in [1.807, 2.05) is 26.0 Å². The maximum atomic E-state index is 14.4. The van der Waals surface area contributed by atoms with Gasteiger partial charge in [0.15, 0.2) is 10.6 Å². The summed E-state index contributed by atoms with van der Waals surface area (Å²) in [5.74, 6) is -1.16. The molecule has 1 aromatic heterocycles. The summed E-state index contributed by atoms with van der Waals surface area (Å²) in [7, 11) is 1.54. The number of nitrogens with zero attached hydrogens (tertiary/aromatic N) is 2. The number of methoxy groups -OCH3 is 1. The molecule has 0 saturated carbocycles. The van der Waals surface area contributed by atoms with Crippen molar-refractivity contribution in [1.82, 2.24) is 4.57 Å². The number of thiazole rings is 1. The molecular formula is C21H22F2N2O3S. The van der Waals surface area contributed by atoms with Crippen LogP contribution >= 0.6 is 11.3 Å². The fourth-order valence-corrected chi connectivity index (χ4v) is 4.19. The summed E-state index contributed by atoms with van der Waals surface area (Å²) in [5, 5.41) is 0. The number of hydrogen-bond acceptors (Lipinski definition) is 4. The van der Waals surface area contributed by atoms with Crippen LogP contribution in [0.25, 0.3) is 10.2 Å². The lowest BCUT2D eigenvalue weighted by Crippen LogP contribution is -2.20. The molecular weight excluding hydrogens is 398 g/mol. The van der Waals surface area contributed by atoms with Crippen molar-refractivity contribution in [3.8, 4) is 5.75 Å². The summed E-state index contributed by atoms with van der Waals surface area (Å²) in [6, 6.07) is 7.64. The second kappa shape index (κ2) is 9.28. The second-order valence-electron chi connectivity index (χ2n) is 6.47. The van der Waals surface area contributed by atoms with E-state index < -0.39 is 17.5 Å². The standard InChI is InChI=1S/C21H22F2N2O3S/c1-4-28-8-7-25-20-16(23)11-15(22)12-18(20)29-21(25)24-19(26)10-14-9-13(2)5-6-17(14)27-3/h5-6,9,11-12H,4,7-8,10H2,1-3H3. The van der Waals surface area contributed by atoms with Gasteiger partial charge in [-0.05, 0) is 26.0 Å². The minimum atomic E-state index is -0.693. The number of amides is 1. The third-order valence-electron chi connectivity index (χ3n) is 4.36. The molecule has 0 radical (unpaired) electrons. The Morgan fingerprint density at radius 1 is 1.24 bits per heavy atom. The van der Waals surface area contributed by atoms with E-state index in [4.69, 9.17) is 9.47 Å². The van der Waals surface area contributed by atoms with Gasteiger partial charge in [0.05, 0.1) is 30.4 Å². The first-order valence-electron chi connectivity index (χ1n) is 9.20. The minimum absolute atomic E-state index is 0.0431. The highest BCUT2D eigenvalue weighted by atomic mass is 32.1. The van der Waals surface area contributed by atoms with Crippen molar-refractivity contribution >= 4 is 27.5 Å². The Hall–Kier alpha value is -2.58. The van der Waals surface area contributed by atoms with Gasteiger partial charge in [-0.2, -0.15) is 4.99 Å². The second-order valence-corrected chi connectivity index (χ2v) is 7.47. The number of aromatic nitrogens is 1. The van der Waals surface area contributed by atoms with Gasteiger partial charge in [0.1, 0.15) is 11.6 Å². The number of fused-ring (bicyclic) bond motifs is 1. The largest absolute Gasteiger partial charge is 0.496 e. The molecule has 0 aliphatic carbocycles. The Labute approximate surface area is 171 Å². The Morgan fingerprint density at radius 2 is 2.03 bits per heavy atom.